The van der Waals surface area contributed by atoms with E-state index >= 15 is 0 Å². The monoisotopic (exact) mass is 134 g/mol. The first-order valence-electron chi connectivity index (χ1n) is 2.11. The fourth-order valence-corrected chi connectivity index (χ4v) is 0.156. The number of aldehydes is 1. The van der Waals surface area contributed by atoms with Gasteiger partial charge in [-0.15, -0.1) is 0 Å². The summed E-state index contributed by atoms with van der Waals surface area (Å²) in [5.74, 6) is -2.70. The van der Waals surface area contributed by atoms with Crippen LogP contribution in [0.5, 0.6) is 0 Å². The molecule has 0 aromatic carbocycles. The van der Waals surface area contributed by atoms with Crippen LogP contribution in [0.3, 0.4) is 0 Å². The van der Waals surface area contributed by atoms with E-state index in [2.05, 4.69) is 0 Å². The SMILES string of the molecule is CC(=C=O)C(F)(F)C=O. The van der Waals surface area contributed by atoms with Gasteiger partial charge >= 0.3 is 5.92 Å². The molecule has 0 atom stereocenters. The van der Waals surface area contributed by atoms with Gasteiger partial charge in [-0.2, -0.15) is 8.78 Å². The Morgan fingerprint density at radius 1 is 1.67 bits per heavy atom. The molecular weight excluding hydrogens is 130 g/mol. The average molecular weight is 134 g/mol. The Morgan fingerprint density at radius 2 is 2.11 bits per heavy atom. The maximum absolute atomic E-state index is 11.9. The molecule has 0 radical (unpaired) electrons. The van der Waals surface area contributed by atoms with Crippen LogP contribution >= 0.6 is 0 Å². The normalized spacial score (nSPS) is 10.1. The summed E-state index contributed by atoms with van der Waals surface area (Å²) in [5, 5.41) is 0. The van der Waals surface area contributed by atoms with E-state index in [1.807, 2.05) is 0 Å². The highest BCUT2D eigenvalue weighted by atomic mass is 19.3. The van der Waals surface area contributed by atoms with Crippen LogP contribution in [0, 0.1) is 0 Å². The number of rotatable bonds is 2. The Hall–Kier alpha value is -1.02. The maximum Gasteiger partial charge on any atom is 0.333 e. The van der Waals surface area contributed by atoms with Crippen LogP contribution in [0.4, 0.5) is 8.78 Å². The summed E-state index contributed by atoms with van der Waals surface area (Å²) < 4.78 is 23.8. The lowest BCUT2D eigenvalue weighted by Gasteiger charge is -2.02. The second-order valence-electron chi connectivity index (χ2n) is 1.47. The zero-order valence-electron chi connectivity index (χ0n) is 4.65. The molecule has 50 valence electrons. The average Bonchev–Trinajstić information content (AvgIpc) is 1.86. The van der Waals surface area contributed by atoms with Gasteiger partial charge in [-0.1, -0.05) is 0 Å². The highest BCUT2D eigenvalue weighted by Crippen LogP contribution is 2.17. The first kappa shape index (κ1) is 7.98. The van der Waals surface area contributed by atoms with E-state index in [-0.39, 0.29) is 0 Å². The zero-order chi connectivity index (χ0) is 7.49. The molecule has 0 aromatic heterocycles. The highest BCUT2D eigenvalue weighted by molar-refractivity contribution is 5.72. The molecule has 0 rings (SSSR count). The lowest BCUT2D eigenvalue weighted by Crippen LogP contribution is -2.19. The number of hydrogen-bond acceptors (Lipinski definition) is 2. The van der Waals surface area contributed by atoms with Crippen molar-refractivity contribution in [3.8, 4) is 0 Å². The van der Waals surface area contributed by atoms with Gasteiger partial charge in [-0.25, -0.2) is 4.79 Å². The van der Waals surface area contributed by atoms with Gasteiger partial charge in [0.05, 0.1) is 5.57 Å². The molecule has 0 spiro atoms. The van der Waals surface area contributed by atoms with Crippen molar-refractivity contribution in [1.82, 2.24) is 0 Å². The Balaban J connectivity index is 4.52. The molecular formula is C5H4F2O2. The van der Waals surface area contributed by atoms with E-state index in [0.717, 1.165) is 12.9 Å². The topological polar surface area (TPSA) is 34.1 Å². The zero-order valence-corrected chi connectivity index (χ0v) is 4.65. The minimum absolute atomic E-state index is 0.590. The predicted octanol–water partition coefficient (Wildman–Crippen LogP) is 0.599. The number of alkyl halides is 2. The van der Waals surface area contributed by atoms with Crippen LogP contribution < -0.4 is 0 Å². The van der Waals surface area contributed by atoms with E-state index in [0.29, 0.717) is 0 Å². The third kappa shape index (κ3) is 1.74. The predicted molar refractivity (Wildman–Crippen MR) is 25.9 cm³/mol. The fourth-order valence-electron chi connectivity index (χ4n) is 0.156. The molecule has 4 heteroatoms. The van der Waals surface area contributed by atoms with Crippen molar-refractivity contribution in [2.45, 2.75) is 12.8 Å². The molecule has 0 N–H and O–H groups in total. The maximum atomic E-state index is 11.9. The molecule has 0 heterocycles. The number of halogens is 2. The molecule has 0 fully saturated rings. The second-order valence-corrected chi connectivity index (χ2v) is 1.47. The van der Waals surface area contributed by atoms with Crippen molar-refractivity contribution < 1.29 is 18.4 Å². The molecule has 0 saturated heterocycles. The number of carbonyl (C=O) groups is 1. The van der Waals surface area contributed by atoms with Crippen LogP contribution in [-0.4, -0.2) is 18.2 Å². The Labute approximate surface area is 50.2 Å². The van der Waals surface area contributed by atoms with E-state index in [4.69, 9.17) is 0 Å². The third-order valence-corrected chi connectivity index (χ3v) is 0.801. The summed E-state index contributed by atoms with van der Waals surface area (Å²) in [7, 11) is 0. The van der Waals surface area contributed by atoms with Crippen molar-refractivity contribution in [3.05, 3.63) is 5.57 Å². The molecule has 0 aromatic rings. The molecule has 9 heavy (non-hydrogen) atoms. The summed E-state index contributed by atoms with van der Waals surface area (Å²) >= 11 is 0. The van der Waals surface area contributed by atoms with Crippen LogP contribution in [-0.2, 0) is 9.59 Å². The van der Waals surface area contributed by atoms with Gasteiger partial charge in [0.25, 0.3) is 0 Å². The number of allylic oxidation sites excluding steroid dienone is 1. The van der Waals surface area contributed by atoms with E-state index in [9.17, 15) is 18.4 Å². The summed E-state index contributed by atoms with van der Waals surface area (Å²) in [6.45, 7) is 0.849. The first-order chi connectivity index (χ1) is 4.04. The molecule has 0 bridgehead atoms. The van der Waals surface area contributed by atoms with Gasteiger partial charge < -0.3 is 0 Å². The largest absolute Gasteiger partial charge is 0.333 e. The number of carbonyl (C=O) groups excluding carboxylic acids is 2. The van der Waals surface area contributed by atoms with Crippen molar-refractivity contribution in [1.29, 1.82) is 0 Å². The van der Waals surface area contributed by atoms with E-state index in [1.54, 1.807) is 0 Å². The van der Waals surface area contributed by atoms with Gasteiger partial charge in [-0.05, 0) is 6.92 Å². The summed E-state index contributed by atoms with van der Waals surface area (Å²) in [4.78, 5) is 19.0. The lowest BCUT2D eigenvalue weighted by atomic mass is 10.2. The van der Waals surface area contributed by atoms with Gasteiger partial charge in [0.1, 0.15) is 5.94 Å². The standard InChI is InChI=1S/C5H4F2O2/c1-4(2-8)5(6,7)3-9/h3H,1H3. The minimum Gasteiger partial charge on any atom is -0.296 e. The van der Waals surface area contributed by atoms with Gasteiger partial charge in [0, 0.05) is 0 Å². The highest BCUT2D eigenvalue weighted by Gasteiger charge is 2.31. The molecule has 0 unspecified atom stereocenters. The Kier molecular flexibility index (Phi) is 2.22. The summed E-state index contributed by atoms with van der Waals surface area (Å²) in [6.07, 6.45) is -0.590. The third-order valence-electron chi connectivity index (χ3n) is 0.801. The molecule has 0 saturated carbocycles. The molecule has 0 aliphatic carbocycles. The quantitative estimate of drug-likeness (QED) is 0.409. The van der Waals surface area contributed by atoms with Crippen LogP contribution in [0.15, 0.2) is 5.57 Å². The Morgan fingerprint density at radius 3 is 2.22 bits per heavy atom. The van der Waals surface area contributed by atoms with Crippen LogP contribution in [0.1, 0.15) is 6.92 Å². The van der Waals surface area contributed by atoms with Gasteiger partial charge in [-0.3, -0.25) is 4.79 Å². The van der Waals surface area contributed by atoms with Crippen LogP contribution in [0.2, 0.25) is 0 Å². The van der Waals surface area contributed by atoms with Crippen molar-refractivity contribution in [2.24, 2.45) is 0 Å². The second kappa shape index (κ2) is 2.51. The van der Waals surface area contributed by atoms with Gasteiger partial charge in [0.2, 0.25) is 0 Å². The van der Waals surface area contributed by atoms with Crippen molar-refractivity contribution in [3.63, 3.8) is 0 Å². The van der Waals surface area contributed by atoms with E-state index < -0.39 is 17.8 Å². The van der Waals surface area contributed by atoms with Gasteiger partial charge in [0.15, 0.2) is 6.29 Å². The lowest BCUT2D eigenvalue weighted by molar-refractivity contribution is -0.124. The molecule has 2 nitrogen and oxygen atoms in total. The minimum atomic E-state index is -3.64. The fraction of sp³-hybridized carbons (Fsp3) is 0.400. The van der Waals surface area contributed by atoms with E-state index in [1.165, 1.54) is 0 Å². The van der Waals surface area contributed by atoms with Crippen molar-refractivity contribution >= 4 is 12.2 Å². The molecule has 0 amide bonds. The summed E-state index contributed by atoms with van der Waals surface area (Å²) in [6, 6.07) is 0. The summed E-state index contributed by atoms with van der Waals surface area (Å²) in [5.41, 5.74) is -0.891. The first-order valence-corrected chi connectivity index (χ1v) is 2.11. The molecule has 0 aliphatic heterocycles. The number of hydrogen-bond donors (Lipinski definition) is 0. The van der Waals surface area contributed by atoms with Crippen LogP contribution in [0.25, 0.3) is 0 Å². The Bertz CT molecular complexity index is 168. The molecule has 0 aliphatic rings. The smallest absolute Gasteiger partial charge is 0.296 e. The van der Waals surface area contributed by atoms with Crippen molar-refractivity contribution in [2.75, 3.05) is 0 Å².